The number of halogens is 3. The highest BCUT2D eigenvalue weighted by Gasteiger charge is 2.47. The molecule has 0 radical (unpaired) electrons. The zero-order valence-corrected chi connectivity index (χ0v) is 8.95. The van der Waals surface area contributed by atoms with E-state index in [2.05, 4.69) is 5.32 Å². The summed E-state index contributed by atoms with van der Waals surface area (Å²) in [4.78, 5) is 11.2. The fourth-order valence-electron chi connectivity index (χ4n) is 1.08. The molecular weight excluding hydrogens is 207 g/mol. The number of carbonyl (C=O) groups excluding carboxylic acids is 1. The number of rotatable bonds is 4. The summed E-state index contributed by atoms with van der Waals surface area (Å²) in [7, 11) is 0. The van der Waals surface area contributed by atoms with Crippen molar-refractivity contribution in [1.29, 1.82) is 0 Å². The third-order valence-corrected chi connectivity index (χ3v) is 2.67. The maximum absolute atomic E-state index is 12.4. The van der Waals surface area contributed by atoms with Gasteiger partial charge >= 0.3 is 6.18 Å². The predicted octanol–water partition coefficient (Wildman–Crippen LogP) is 2.49. The van der Waals surface area contributed by atoms with Gasteiger partial charge in [-0.05, 0) is 32.6 Å². The molecule has 0 atom stereocenters. The van der Waals surface area contributed by atoms with Gasteiger partial charge in [-0.2, -0.15) is 13.2 Å². The average molecular weight is 223 g/mol. The molecule has 1 rings (SSSR count). The van der Waals surface area contributed by atoms with Gasteiger partial charge in [0, 0.05) is 13.0 Å². The van der Waals surface area contributed by atoms with Gasteiger partial charge in [-0.25, -0.2) is 0 Å². The van der Waals surface area contributed by atoms with Gasteiger partial charge < -0.3 is 5.32 Å². The van der Waals surface area contributed by atoms with E-state index in [1.54, 1.807) is 0 Å². The lowest BCUT2D eigenvalue weighted by molar-refractivity contribution is -0.209. The van der Waals surface area contributed by atoms with Crippen molar-refractivity contribution in [3.05, 3.63) is 0 Å². The van der Waals surface area contributed by atoms with Crippen molar-refractivity contribution < 1.29 is 18.0 Å². The smallest absolute Gasteiger partial charge is 0.355 e. The summed E-state index contributed by atoms with van der Waals surface area (Å²) in [6.07, 6.45) is -1.86. The lowest BCUT2D eigenvalue weighted by atomic mass is 9.92. The summed E-state index contributed by atoms with van der Waals surface area (Å²) in [6.45, 7) is 1.83. The lowest BCUT2D eigenvalue weighted by Gasteiger charge is -2.27. The average Bonchev–Trinajstić information content (AvgIpc) is 2.83. The summed E-state index contributed by atoms with van der Waals surface area (Å²) in [5, 5.41) is 2.34. The van der Waals surface area contributed by atoms with Gasteiger partial charge in [0.15, 0.2) is 0 Å². The molecule has 0 aromatic rings. The van der Waals surface area contributed by atoms with Gasteiger partial charge in [0.2, 0.25) is 5.91 Å². The first-order chi connectivity index (χ1) is 6.72. The summed E-state index contributed by atoms with van der Waals surface area (Å²) in [6, 6.07) is 0. The zero-order valence-electron chi connectivity index (χ0n) is 8.95. The van der Waals surface area contributed by atoms with E-state index in [0.717, 1.165) is 26.7 Å². The Labute approximate surface area is 87.2 Å². The normalized spacial score (nSPS) is 17.7. The molecule has 0 aromatic carbocycles. The SMILES string of the molecule is CC(C)(CNC(=O)CC1CC1)C(F)(F)F. The van der Waals surface area contributed by atoms with Crippen LogP contribution in [0.2, 0.25) is 0 Å². The van der Waals surface area contributed by atoms with Crippen molar-refractivity contribution in [3.8, 4) is 0 Å². The van der Waals surface area contributed by atoms with Crippen LogP contribution in [0.25, 0.3) is 0 Å². The van der Waals surface area contributed by atoms with Crippen LogP contribution in [0, 0.1) is 11.3 Å². The van der Waals surface area contributed by atoms with E-state index >= 15 is 0 Å². The molecule has 1 aliphatic carbocycles. The Hall–Kier alpha value is -0.740. The number of hydrogen-bond acceptors (Lipinski definition) is 1. The third-order valence-electron chi connectivity index (χ3n) is 2.67. The van der Waals surface area contributed by atoms with Crippen molar-refractivity contribution in [2.45, 2.75) is 39.3 Å². The number of carbonyl (C=O) groups is 1. The van der Waals surface area contributed by atoms with E-state index in [9.17, 15) is 18.0 Å². The van der Waals surface area contributed by atoms with Crippen LogP contribution in [-0.2, 0) is 4.79 Å². The Bertz CT molecular complexity index is 244. The zero-order chi connectivity index (χ0) is 11.7. The van der Waals surface area contributed by atoms with Crippen molar-refractivity contribution >= 4 is 5.91 Å². The first-order valence-electron chi connectivity index (χ1n) is 5.06. The van der Waals surface area contributed by atoms with Crippen LogP contribution in [-0.4, -0.2) is 18.6 Å². The van der Waals surface area contributed by atoms with Crippen LogP contribution in [0.4, 0.5) is 13.2 Å². The van der Waals surface area contributed by atoms with E-state index in [-0.39, 0.29) is 12.5 Å². The highest BCUT2D eigenvalue weighted by Crippen LogP contribution is 2.37. The molecule has 5 heteroatoms. The van der Waals surface area contributed by atoms with Crippen LogP contribution in [0.15, 0.2) is 0 Å². The first kappa shape index (κ1) is 12.3. The minimum atomic E-state index is -4.28. The summed E-state index contributed by atoms with van der Waals surface area (Å²) < 4.78 is 37.2. The number of nitrogens with one attached hydrogen (secondary N) is 1. The molecule has 0 saturated heterocycles. The van der Waals surface area contributed by atoms with Crippen LogP contribution >= 0.6 is 0 Å². The van der Waals surface area contributed by atoms with Gasteiger partial charge in [-0.1, -0.05) is 0 Å². The van der Waals surface area contributed by atoms with Gasteiger partial charge in [0.1, 0.15) is 0 Å². The number of hydrogen-bond donors (Lipinski definition) is 1. The van der Waals surface area contributed by atoms with Gasteiger partial charge in [-0.3, -0.25) is 4.79 Å². The Morgan fingerprint density at radius 1 is 1.33 bits per heavy atom. The predicted molar refractivity (Wildman–Crippen MR) is 50.2 cm³/mol. The quantitative estimate of drug-likeness (QED) is 0.779. The van der Waals surface area contributed by atoms with E-state index in [1.807, 2.05) is 0 Å². The largest absolute Gasteiger partial charge is 0.395 e. The Morgan fingerprint density at radius 2 is 1.87 bits per heavy atom. The molecule has 2 nitrogen and oxygen atoms in total. The molecular formula is C10H16F3NO. The van der Waals surface area contributed by atoms with Crippen molar-refractivity contribution in [3.63, 3.8) is 0 Å². The molecule has 0 spiro atoms. The van der Waals surface area contributed by atoms with Gasteiger partial charge in [0.05, 0.1) is 5.41 Å². The van der Waals surface area contributed by atoms with E-state index in [1.165, 1.54) is 0 Å². The Balaban J connectivity index is 2.31. The topological polar surface area (TPSA) is 29.1 Å². The molecule has 0 unspecified atom stereocenters. The van der Waals surface area contributed by atoms with Gasteiger partial charge in [0.25, 0.3) is 0 Å². The lowest BCUT2D eigenvalue weighted by Crippen LogP contribution is -2.43. The Kier molecular flexibility index (Phi) is 3.31. The molecule has 88 valence electrons. The molecule has 0 aromatic heterocycles. The standard InChI is InChI=1S/C10H16F3NO/c1-9(2,10(11,12)13)6-14-8(15)5-7-3-4-7/h7H,3-6H2,1-2H3,(H,14,15). The van der Waals surface area contributed by atoms with Crippen molar-refractivity contribution in [2.75, 3.05) is 6.54 Å². The highest BCUT2D eigenvalue weighted by molar-refractivity contribution is 5.76. The maximum Gasteiger partial charge on any atom is 0.395 e. The summed E-state index contributed by atoms with van der Waals surface area (Å²) >= 11 is 0. The van der Waals surface area contributed by atoms with Crippen LogP contribution in [0.5, 0.6) is 0 Å². The molecule has 1 N–H and O–H groups in total. The van der Waals surface area contributed by atoms with E-state index < -0.39 is 11.6 Å². The van der Waals surface area contributed by atoms with Crippen molar-refractivity contribution in [1.82, 2.24) is 5.32 Å². The van der Waals surface area contributed by atoms with Crippen LogP contribution in [0.1, 0.15) is 33.1 Å². The molecule has 0 heterocycles. The first-order valence-corrected chi connectivity index (χ1v) is 5.06. The molecule has 0 bridgehead atoms. The summed E-state index contributed by atoms with van der Waals surface area (Å²) in [5.74, 6) is 0.133. The Morgan fingerprint density at radius 3 is 2.27 bits per heavy atom. The van der Waals surface area contributed by atoms with Gasteiger partial charge in [-0.15, -0.1) is 0 Å². The minimum absolute atomic E-state index is 0.269. The molecule has 1 amide bonds. The van der Waals surface area contributed by atoms with Crippen LogP contribution < -0.4 is 5.32 Å². The fraction of sp³-hybridized carbons (Fsp3) is 0.900. The molecule has 15 heavy (non-hydrogen) atoms. The number of amides is 1. The maximum atomic E-state index is 12.4. The molecule has 1 fully saturated rings. The monoisotopic (exact) mass is 223 g/mol. The summed E-state index contributed by atoms with van der Waals surface area (Å²) in [5.41, 5.74) is -1.85. The number of alkyl halides is 3. The second-order valence-corrected chi connectivity index (χ2v) is 4.81. The molecule has 1 aliphatic rings. The molecule has 0 aliphatic heterocycles. The van der Waals surface area contributed by atoms with E-state index in [4.69, 9.17) is 0 Å². The van der Waals surface area contributed by atoms with Crippen molar-refractivity contribution in [2.24, 2.45) is 11.3 Å². The highest BCUT2D eigenvalue weighted by atomic mass is 19.4. The second-order valence-electron chi connectivity index (χ2n) is 4.81. The van der Waals surface area contributed by atoms with E-state index in [0.29, 0.717) is 12.3 Å². The second kappa shape index (κ2) is 4.02. The third kappa shape index (κ3) is 3.72. The fourth-order valence-corrected chi connectivity index (χ4v) is 1.08. The molecule has 1 saturated carbocycles. The minimum Gasteiger partial charge on any atom is -0.355 e. The van der Waals surface area contributed by atoms with Crippen LogP contribution in [0.3, 0.4) is 0 Å².